The maximum absolute atomic E-state index is 4.39. The molecule has 0 aromatic carbocycles. The molecule has 1 aliphatic carbocycles. The lowest BCUT2D eigenvalue weighted by Crippen LogP contribution is -2.24. The first-order chi connectivity index (χ1) is 8.47. The Hall–Kier alpha value is -0.293. The monoisotopic (exact) mass is 283 g/mol. The molecule has 0 unspecified atom stereocenters. The van der Waals surface area contributed by atoms with Gasteiger partial charge in [0.15, 0.2) is 5.16 Å². The van der Waals surface area contributed by atoms with Crippen LogP contribution in [0.5, 0.6) is 0 Å². The largest absolute Gasteiger partial charge is 0.303 e. The summed E-state index contributed by atoms with van der Waals surface area (Å²) in [6, 6.07) is 0.651. The van der Waals surface area contributed by atoms with Crippen molar-refractivity contribution < 1.29 is 0 Å². The van der Waals surface area contributed by atoms with Gasteiger partial charge in [0.2, 0.25) is 0 Å². The molecule has 0 N–H and O–H groups in total. The van der Waals surface area contributed by atoms with E-state index in [0.29, 0.717) is 6.04 Å². The molecule has 1 aliphatic rings. The normalized spacial score (nSPS) is 18.2. The predicted molar refractivity (Wildman–Crippen MR) is 81.0 cm³/mol. The van der Waals surface area contributed by atoms with Crippen molar-refractivity contribution in [2.24, 2.45) is 0 Å². The molecule has 2 rings (SSSR count). The van der Waals surface area contributed by atoms with Gasteiger partial charge in [0, 0.05) is 6.04 Å². The minimum absolute atomic E-state index is 0.651. The highest BCUT2D eigenvalue weighted by atomic mass is 32.2. The fraction of sp³-hybridized carbons (Fsp3) is 0.846. The zero-order valence-electron chi connectivity index (χ0n) is 12.1. The molecule has 5 heteroatoms. The average molecular weight is 284 g/mol. The van der Waals surface area contributed by atoms with Crippen LogP contribution in [0.3, 0.4) is 0 Å². The molecule has 0 bridgehead atoms. The van der Waals surface area contributed by atoms with Crippen LogP contribution in [0.2, 0.25) is 19.6 Å². The highest BCUT2D eigenvalue weighted by Crippen LogP contribution is 2.32. The molecular weight excluding hydrogens is 258 g/mol. The van der Waals surface area contributed by atoms with Crippen LogP contribution in [-0.2, 0) is 0 Å². The third kappa shape index (κ3) is 3.60. The lowest BCUT2D eigenvalue weighted by atomic mass is 9.95. The molecule has 0 spiro atoms. The second kappa shape index (κ2) is 5.78. The second-order valence-corrected chi connectivity index (χ2v) is 13.5. The fourth-order valence-corrected chi connectivity index (χ4v) is 5.26. The molecule has 0 aliphatic heterocycles. The van der Waals surface area contributed by atoms with E-state index in [1.54, 1.807) is 0 Å². The highest BCUT2D eigenvalue weighted by molar-refractivity contribution is 8.00. The summed E-state index contributed by atoms with van der Waals surface area (Å²) in [6.45, 7) is 9.33. The minimum Gasteiger partial charge on any atom is -0.303 e. The summed E-state index contributed by atoms with van der Waals surface area (Å²) in [7, 11) is -1.02. The molecule has 0 saturated heterocycles. The van der Waals surface area contributed by atoms with Crippen LogP contribution in [0.4, 0.5) is 0 Å². The summed E-state index contributed by atoms with van der Waals surface area (Å²) in [4.78, 5) is 0. The summed E-state index contributed by atoms with van der Waals surface area (Å²) < 4.78 is 2.41. The highest BCUT2D eigenvalue weighted by Gasteiger charge is 2.22. The first-order valence-corrected chi connectivity index (χ1v) is 11.7. The van der Waals surface area contributed by atoms with Gasteiger partial charge in [0.25, 0.3) is 0 Å². The number of nitrogens with zero attached hydrogens (tertiary/aromatic N) is 3. The topological polar surface area (TPSA) is 30.7 Å². The number of thioether (sulfide) groups is 1. The lowest BCUT2D eigenvalue weighted by molar-refractivity contribution is 0.332. The Labute approximate surface area is 116 Å². The molecule has 1 saturated carbocycles. The molecule has 0 radical (unpaired) electrons. The van der Waals surface area contributed by atoms with E-state index in [9.17, 15) is 0 Å². The van der Waals surface area contributed by atoms with Gasteiger partial charge in [-0.25, -0.2) is 0 Å². The number of hydrogen-bond acceptors (Lipinski definition) is 3. The molecule has 18 heavy (non-hydrogen) atoms. The molecule has 3 nitrogen and oxygen atoms in total. The summed E-state index contributed by atoms with van der Waals surface area (Å²) >= 11 is 1.92. The molecule has 1 heterocycles. The van der Waals surface area contributed by atoms with Crippen molar-refractivity contribution in [3.63, 3.8) is 0 Å². The summed E-state index contributed by atoms with van der Waals surface area (Å²) in [5, 5.41) is 11.1. The molecule has 1 fully saturated rings. The van der Waals surface area contributed by atoms with Gasteiger partial charge in [-0.15, -0.1) is 10.2 Å². The number of hydrogen-bond donors (Lipinski definition) is 0. The number of rotatable bonds is 4. The van der Waals surface area contributed by atoms with E-state index in [1.165, 1.54) is 37.5 Å². The summed E-state index contributed by atoms with van der Waals surface area (Å²) in [5.41, 5.74) is 0. The Morgan fingerprint density at radius 3 is 2.44 bits per heavy atom. The Morgan fingerprint density at radius 1 is 1.17 bits per heavy atom. The van der Waals surface area contributed by atoms with Gasteiger partial charge < -0.3 is 4.57 Å². The first-order valence-electron chi connectivity index (χ1n) is 7.02. The zero-order valence-corrected chi connectivity index (χ0v) is 13.9. The summed E-state index contributed by atoms with van der Waals surface area (Å²) in [6.07, 6.45) is 6.73. The van der Waals surface area contributed by atoms with Crippen molar-refractivity contribution in [1.82, 2.24) is 14.8 Å². The van der Waals surface area contributed by atoms with Crippen LogP contribution in [0.25, 0.3) is 0 Å². The maximum Gasteiger partial charge on any atom is 0.191 e. The van der Waals surface area contributed by atoms with Crippen LogP contribution < -0.4 is 0 Å². The number of aromatic nitrogens is 3. The van der Waals surface area contributed by atoms with Crippen molar-refractivity contribution in [3.05, 3.63) is 5.82 Å². The van der Waals surface area contributed by atoms with Crippen LogP contribution in [0.15, 0.2) is 5.16 Å². The second-order valence-electron chi connectivity index (χ2n) is 6.54. The molecule has 102 valence electrons. The van der Waals surface area contributed by atoms with Crippen LogP contribution in [0.1, 0.15) is 44.0 Å². The SMILES string of the molecule is Cc1nnc(SC[Si](C)(C)C)n1C1CCCCC1. The number of aryl methyl sites for hydroxylation is 1. The molecule has 0 atom stereocenters. The average Bonchev–Trinajstić information content (AvgIpc) is 2.68. The maximum atomic E-state index is 4.39. The van der Waals surface area contributed by atoms with E-state index in [-0.39, 0.29) is 0 Å². The van der Waals surface area contributed by atoms with Gasteiger partial charge in [-0.3, -0.25) is 0 Å². The molecule has 0 amide bonds. The Morgan fingerprint density at radius 2 is 1.83 bits per heavy atom. The predicted octanol–water partition coefficient (Wildman–Crippen LogP) is 4.06. The van der Waals surface area contributed by atoms with Gasteiger partial charge >= 0.3 is 0 Å². The summed E-state index contributed by atoms with van der Waals surface area (Å²) in [5.74, 6) is 1.10. The lowest BCUT2D eigenvalue weighted by Gasteiger charge is -2.25. The fourth-order valence-electron chi connectivity index (χ4n) is 2.49. The molecule has 1 aromatic rings. The Kier molecular flexibility index (Phi) is 4.53. The van der Waals surface area contributed by atoms with Crippen molar-refractivity contribution in [3.8, 4) is 0 Å². The van der Waals surface area contributed by atoms with Gasteiger partial charge in [-0.05, 0) is 25.1 Å². The van der Waals surface area contributed by atoms with Crippen molar-refractivity contribution in [2.75, 3.05) is 5.38 Å². The first kappa shape index (κ1) is 14.1. The van der Waals surface area contributed by atoms with Gasteiger partial charge in [-0.1, -0.05) is 50.7 Å². The molecule has 1 aromatic heterocycles. The van der Waals surface area contributed by atoms with Crippen molar-refractivity contribution in [2.45, 2.75) is 69.9 Å². The third-order valence-electron chi connectivity index (χ3n) is 3.41. The van der Waals surface area contributed by atoms with E-state index < -0.39 is 8.07 Å². The van der Waals surface area contributed by atoms with E-state index in [4.69, 9.17) is 0 Å². The van der Waals surface area contributed by atoms with Crippen molar-refractivity contribution >= 4 is 19.8 Å². The van der Waals surface area contributed by atoms with Crippen molar-refractivity contribution in [1.29, 1.82) is 0 Å². The van der Waals surface area contributed by atoms with Gasteiger partial charge in [0.05, 0.1) is 8.07 Å². The smallest absolute Gasteiger partial charge is 0.191 e. The van der Waals surface area contributed by atoms with Crippen LogP contribution in [0, 0.1) is 6.92 Å². The van der Waals surface area contributed by atoms with Gasteiger partial charge in [-0.2, -0.15) is 0 Å². The van der Waals surface area contributed by atoms with E-state index in [1.807, 2.05) is 11.8 Å². The standard InChI is InChI=1S/C13H25N3SSi/c1-11-14-15-13(17-10-18(2,3)4)16(11)12-8-6-5-7-9-12/h12H,5-10H2,1-4H3. The van der Waals surface area contributed by atoms with Crippen LogP contribution >= 0.6 is 11.8 Å². The minimum atomic E-state index is -1.02. The third-order valence-corrected chi connectivity index (χ3v) is 7.99. The quantitative estimate of drug-likeness (QED) is 0.616. The van der Waals surface area contributed by atoms with E-state index in [2.05, 4.69) is 41.3 Å². The Bertz CT molecular complexity index is 391. The van der Waals surface area contributed by atoms with E-state index in [0.717, 1.165) is 11.0 Å². The van der Waals surface area contributed by atoms with E-state index >= 15 is 0 Å². The Balaban J connectivity index is 2.11. The van der Waals surface area contributed by atoms with Gasteiger partial charge in [0.1, 0.15) is 5.82 Å². The molecular formula is C13H25N3SSi. The zero-order chi connectivity index (χ0) is 13.2. The van der Waals surface area contributed by atoms with Crippen LogP contribution in [-0.4, -0.2) is 28.2 Å².